The molecule has 0 N–H and O–H groups in total. The Balaban J connectivity index is 1.50. The average molecular weight is 338 g/mol. The first-order chi connectivity index (χ1) is 11.8. The van der Waals surface area contributed by atoms with Crippen molar-refractivity contribution in [3.05, 3.63) is 29.3 Å². The zero-order valence-corrected chi connectivity index (χ0v) is 16.2. The summed E-state index contributed by atoms with van der Waals surface area (Å²) in [6.45, 7) is 8.56. The van der Waals surface area contributed by atoms with E-state index in [2.05, 4.69) is 45.9 Å². The Hall–Kier alpha value is -0.795. The molecule has 2 saturated carbocycles. The van der Waals surface area contributed by atoms with Crippen molar-refractivity contribution < 1.29 is 9.31 Å². The molecular formula is C22H31BO2. The van der Waals surface area contributed by atoms with Gasteiger partial charge >= 0.3 is 7.12 Å². The van der Waals surface area contributed by atoms with E-state index in [4.69, 9.17) is 9.31 Å². The van der Waals surface area contributed by atoms with E-state index in [0.29, 0.717) is 0 Å². The summed E-state index contributed by atoms with van der Waals surface area (Å²) >= 11 is 0. The molecule has 4 bridgehead atoms. The first-order valence-electron chi connectivity index (χ1n) is 10.3. The molecule has 2 nitrogen and oxygen atoms in total. The van der Waals surface area contributed by atoms with Crippen molar-refractivity contribution in [3.8, 4) is 0 Å². The average Bonchev–Trinajstić information content (AvgIpc) is 3.07. The largest absolute Gasteiger partial charge is 0.494 e. The zero-order valence-electron chi connectivity index (χ0n) is 16.2. The summed E-state index contributed by atoms with van der Waals surface area (Å²) in [5.41, 5.74) is 3.96. The molecule has 134 valence electrons. The SMILES string of the molecule is CC1(C)OB(c2ccc3c(c2)C2CC(CC4CCC3C4)C2)OC1(C)C. The maximum Gasteiger partial charge on any atom is 0.494 e. The van der Waals surface area contributed by atoms with Crippen molar-refractivity contribution in [2.75, 3.05) is 0 Å². The van der Waals surface area contributed by atoms with Gasteiger partial charge in [-0.2, -0.15) is 0 Å². The first kappa shape index (κ1) is 16.4. The highest BCUT2D eigenvalue weighted by Gasteiger charge is 2.52. The van der Waals surface area contributed by atoms with Crippen molar-refractivity contribution in [1.29, 1.82) is 0 Å². The number of hydrogen-bond acceptors (Lipinski definition) is 2. The summed E-state index contributed by atoms with van der Waals surface area (Å²) < 4.78 is 12.6. The lowest BCUT2D eigenvalue weighted by Gasteiger charge is -2.38. The minimum atomic E-state index is -0.264. The molecule has 6 rings (SSSR count). The lowest BCUT2D eigenvalue weighted by atomic mass is 9.66. The highest BCUT2D eigenvalue weighted by Crippen LogP contribution is 2.53. The van der Waals surface area contributed by atoms with Crippen molar-refractivity contribution in [2.45, 2.75) is 89.3 Å². The van der Waals surface area contributed by atoms with Gasteiger partial charge in [0.2, 0.25) is 0 Å². The zero-order chi connectivity index (χ0) is 17.4. The lowest BCUT2D eigenvalue weighted by Crippen LogP contribution is -2.41. The fourth-order valence-corrected chi connectivity index (χ4v) is 5.67. The maximum absolute atomic E-state index is 6.31. The molecule has 4 aliphatic carbocycles. The van der Waals surface area contributed by atoms with Crippen LogP contribution >= 0.6 is 0 Å². The van der Waals surface area contributed by atoms with E-state index >= 15 is 0 Å². The Morgan fingerprint density at radius 1 is 0.800 bits per heavy atom. The molecule has 0 amide bonds. The topological polar surface area (TPSA) is 18.5 Å². The maximum atomic E-state index is 6.31. The Morgan fingerprint density at radius 3 is 2.20 bits per heavy atom. The molecule has 1 saturated heterocycles. The number of rotatable bonds is 1. The summed E-state index contributed by atoms with van der Waals surface area (Å²) in [4.78, 5) is 0. The van der Waals surface area contributed by atoms with Crippen LogP contribution in [0.1, 0.15) is 89.2 Å². The second kappa shape index (κ2) is 5.36. The van der Waals surface area contributed by atoms with E-state index in [1.165, 1.54) is 44.0 Å². The Kier molecular flexibility index (Phi) is 3.51. The quantitative estimate of drug-likeness (QED) is 0.687. The van der Waals surface area contributed by atoms with Crippen LogP contribution in [-0.2, 0) is 9.31 Å². The third-order valence-corrected chi connectivity index (χ3v) is 7.96. The summed E-state index contributed by atoms with van der Waals surface area (Å²) in [5, 5.41) is 0. The van der Waals surface area contributed by atoms with E-state index in [-0.39, 0.29) is 18.3 Å². The fourth-order valence-electron chi connectivity index (χ4n) is 5.67. The molecule has 1 aromatic carbocycles. The number of benzene rings is 1. The Morgan fingerprint density at radius 2 is 1.48 bits per heavy atom. The molecule has 1 heterocycles. The normalized spacial score (nSPS) is 37.7. The smallest absolute Gasteiger partial charge is 0.399 e. The molecule has 3 heteroatoms. The van der Waals surface area contributed by atoms with E-state index in [1.54, 1.807) is 11.1 Å². The molecule has 2 atom stereocenters. The van der Waals surface area contributed by atoms with Crippen molar-refractivity contribution in [3.63, 3.8) is 0 Å². The van der Waals surface area contributed by atoms with Crippen LogP contribution in [0.25, 0.3) is 0 Å². The second-order valence-corrected chi connectivity index (χ2v) is 10.1. The van der Waals surface area contributed by atoms with E-state index in [1.807, 2.05) is 0 Å². The minimum Gasteiger partial charge on any atom is -0.399 e. The fraction of sp³-hybridized carbons (Fsp3) is 0.727. The van der Waals surface area contributed by atoms with Crippen LogP contribution in [0.5, 0.6) is 0 Å². The third kappa shape index (κ3) is 2.53. The van der Waals surface area contributed by atoms with Gasteiger partial charge in [-0.1, -0.05) is 18.2 Å². The van der Waals surface area contributed by atoms with Crippen molar-refractivity contribution >= 4 is 12.6 Å². The van der Waals surface area contributed by atoms with Crippen LogP contribution in [0.15, 0.2) is 18.2 Å². The summed E-state index contributed by atoms with van der Waals surface area (Å²) in [7, 11) is -0.227. The predicted octanol–water partition coefficient (Wildman–Crippen LogP) is 4.77. The van der Waals surface area contributed by atoms with E-state index in [9.17, 15) is 0 Å². The van der Waals surface area contributed by atoms with Gasteiger partial charge in [-0.15, -0.1) is 0 Å². The van der Waals surface area contributed by atoms with Crippen LogP contribution < -0.4 is 5.46 Å². The molecule has 0 aromatic heterocycles. The van der Waals surface area contributed by atoms with Crippen LogP contribution in [0.4, 0.5) is 0 Å². The monoisotopic (exact) mass is 338 g/mol. The minimum absolute atomic E-state index is 0.227. The molecule has 0 radical (unpaired) electrons. The van der Waals surface area contributed by atoms with Crippen LogP contribution in [0.2, 0.25) is 0 Å². The molecule has 3 fully saturated rings. The second-order valence-electron chi connectivity index (χ2n) is 10.1. The Labute approximate surface area is 152 Å². The summed E-state index contributed by atoms with van der Waals surface area (Å²) in [6.07, 6.45) is 8.57. The molecule has 0 spiro atoms. The van der Waals surface area contributed by atoms with Gasteiger partial charge in [-0.25, -0.2) is 0 Å². The van der Waals surface area contributed by atoms with Gasteiger partial charge in [0.15, 0.2) is 0 Å². The van der Waals surface area contributed by atoms with Gasteiger partial charge in [0.25, 0.3) is 0 Å². The van der Waals surface area contributed by atoms with Gasteiger partial charge in [0, 0.05) is 0 Å². The van der Waals surface area contributed by atoms with Gasteiger partial charge in [-0.05, 0) is 106 Å². The summed E-state index contributed by atoms with van der Waals surface area (Å²) in [5.74, 6) is 3.55. The van der Waals surface area contributed by atoms with Gasteiger partial charge in [-0.3, -0.25) is 0 Å². The molecule has 1 aromatic rings. The van der Waals surface area contributed by atoms with Crippen LogP contribution in [0.3, 0.4) is 0 Å². The van der Waals surface area contributed by atoms with Gasteiger partial charge in [0.05, 0.1) is 11.2 Å². The highest BCUT2D eigenvalue weighted by molar-refractivity contribution is 6.62. The summed E-state index contributed by atoms with van der Waals surface area (Å²) in [6, 6.07) is 7.14. The predicted molar refractivity (Wildman–Crippen MR) is 102 cm³/mol. The van der Waals surface area contributed by atoms with Gasteiger partial charge < -0.3 is 9.31 Å². The molecule has 5 aliphatic rings. The highest BCUT2D eigenvalue weighted by atomic mass is 16.7. The third-order valence-electron chi connectivity index (χ3n) is 7.96. The van der Waals surface area contributed by atoms with Crippen molar-refractivity contribution in [2.24, 2.45) is 11.8 Å². The lowest BCUT2D eigenvalue weighted by molar-refractivity contribution is 0.00578. The van der Waals surface area contributed by atoms with E-state index < -0.39 is 0 Å². The van der Waals surface area contributed by atoms with Crippen LogP contribution in [0, 0.1) is 11.8 Å². The van der Waals surface area contributed by atoms with Gasteiger partial charge in [0.1, 0.15) is 0 Å². The standard InChI is InChI=1S/C22H31BO2/c1-21(2)22(3,4)25-23(24-21)18-7-8-19-16-6-5-14(10-16)9-15-11-17(12-15)20(19)13-18/h7-8,13-17H,5-6,9-12H2,1-4H3. The molecule has 1 aliphatic heterocycles. The van der Waals surface area contributed by atoms with E-state index in [0.717, 1.165) is 23.7 Å². The Bertz CT molecular complexity index is 673. The first-order valence-corrected chi connectivity index (χ1v) is 10.3. The molecule has 25 heavy (non-hydrogen) atoms. The molecular weight excluding hydrogens is 307 g/mol. The van der Waals surface area contributed by atoms with Crippen molar-refractivity contribution in [1.82, 2.24) is 0 Å². The van der Waals surface area contributed by atoms with Crippen LogP contribution in [-0.4, -0.2) is 18.3 Å². The molecule has 2 unspecified atom stereocenters. The number of hydrogen-bond donors (Lipinski definition) is 0.